The van der Waals surface area contributed by atoms with Crippen molar-refractivity contribution in [1.29, 1.82) is 5.26 Å². The van der Waals surface area contributed by atoms with Crippen LogP contribution in [0.15, 0.2) is 24.5 Å². The first-order chi connectivity index (χ1) is 15.0. The molecule has 1 saturated heterocycles. The van der Waals surface area contributed by atoms with E-state index in [0.29, 0.717) is 11.8 Å². The van der Waals surface area contributed by atoms with Gasteiger partial charge >= 0.3 is 5.92 Å². The molecule has 32 heavy (non-hydrogen) atoms. The van der Waals surface area contributed by atoms with E-state index in [1.54, 1.807) is 0 Å². The van der Waals surface area contributed by atoms with Gasteiger partial charge < -0.3 is 16.0 Å². The minimum atomic E-state index is -3.67. The lowest BCUT2D eigenvalue weighted by Crippen LogP contribution is -2.58. The molecule has 1 unspecified atom stereocenters. The predicted octanol–water partition coefficient (Wildman–Crippen LogP) is 2.09. The first-order valence-corrected chi connectivity index (χ1v) is 9.44. The molecule has 0 saturated carbocycles. The Morgan fingerprint density at radius 1 is 1.44 bits per heavy atom. The molecule has 0 aliphatic carbocycles. The lowest BCUT2D eigenvalue weighted by molar-refractivity contribution is -0.159. The van der Waals surface area contributed by atoms with Crippen molar-refractivity contribution < 1.29 is 27.2 Å². The quantitative estimate of drug-likeness (QED) is 0.509. The molecule has 0 radical (unpaired) electrons. The molecule has 2 aromatic heterocycles. The molecule has 1 fully saturated rings. The lowest BCUT2D eigenvalue weighted by Gasteiger charge is -2.43. The summed E-state index contributed by atoms with van der Waals surface area (Å²) >= 11 is 0. The van der Waals surface area contributed by atoms with Crippen molar-refractivity contribution in [1.82, 2.24) is 19.7 Å². The third-order valence-corrected chi connectivity index (χ3v) is 5.25. The SMILES string of the molecule is CC(F)(F)C(=O)N1CC[C@@](CC#N)(n2cc(C(N)=O)c(Nc3ccc(F)nc3)n2)C(F)C1. The van der Waals surface area contributed by atoms with Gasteiger partial charge in [0.05, 0.1) is 30.9 Å². The van der Waals surface area contributed by atoms with E-state index in [1.807, 2.05) is 6.07 Å². The zero-order chi connectivity index (χ0) is 23.7. The number of aromatic nitrogens is 3. The topological polar surface area (TPSA) is 130 Å². The van der Waals surface area contributed by atoms with E-state index >= 15 is 4.39 Å². The molecule has 1 aliphatic rings. The Hall–Kier alpha value is -3.69. The monoisotopic (exact) mass is 453 g/mol. The minimum absolute atomic E-state index is 0.0889. The summed E-state index contributed by atoms with van der Waals surface area (Å²) in [6, 6.07) is 4.24. The number of hydrogen-bond donors (Lipinski definition) is 2. The van der Waals surface area contributed by atoms with Gasteiger partial charge in [0.15, 0.2) is 5.82 Å². The number of carbonyl (C=O) groups is 2. The number of piperidine rings is 1. The molecule has 0 aromatic carbocycles. The van der Waals surface area contributed by atoms with Gasteiger partial charge in [-0.25, -0.2) is 9.37 Å². The molecular weight excluding hydrogens is 434 g/mol. The van der Waals surface area contributed by atoms with Gasteiger partial charge in [-0.3, -0.25) is 14.3 Å². The third kappa shape index (κ3) is 4.34. The van der Waals surface area contributed by atoms with Crippen molar-refractivity contribution in [3.8, 4) is 6.07 Å². The Morgan fingerprint density at radius 2 is 2.16 bits per heavy atom. The number of amides is 2. The summed E-state index contributed by atoms with van der Waals surface area (Å²) in [5.41, 5.74) is 3.89. The Balaban J connectivity index is 1.96. The highest BCUT2D eigenvalue weighted by Gasteiger charge is 2.50. The number of alkyl halides is 3. The van der Waals surface area contributed by atoms with E-state index in [2.05, 4.69) is 15.4 Å². The molecule has 2 aromatic rings. The van der Waals surface area contributed by atoms with Crippen LogP contribution in [0, 0.1) is 17.3 Å². The number of nitrogens with two attached hydrogens (primary N) is 1. The fourth-order valence-corrected chi connectivity index (χ4v) is 3.54. The number of primary amides is 1. The fraction of sp³-hybridized carbons (Fsp3) is 0.421. The van der Waals surface area contributed by atoms with E-state index in [1.165, 1.54) is 6.07 Å². The molecule has 3 heterocycles. The number of likely N-dealkylation sites (tertiary alicyclic amines) is 1. The molecular formula is C19H19F4N7O2. The summed E-state index contributed by atoms with van der Waals surface area (Å²) in [5.74, 6) is -6.91. The maximum absolute atomic E-state index is 15.3. The third-order valence-electron chi connectivity index (χ3n) is 5.25. The Bertz CT molecular complexity index is 1060. The van der Waals surface area contributed by atoms with Crippen molar-refractivity contribution in [2.24, 2.45) is 5.73 Å². The van der Waals surface area contributed by atoms with Gasteiger partial charge in [0.1, 0.15) is 17.3 Å². The van der Waals surface area contributed by atoms with E-state index in [9.17, 15) is 28.0 Å². The van der Waals surface area contributed by atoms with Gasteiger partial charge in [0, 0.05) is 19.7 Å². The zero-order valence-electron chi connectivity index (χ0n) is 16.9. The highest BCUT2D eigenvalue weighted by atomic mass is 19.3. The highest BCUT2D eigenvalue weighted by Crippen LogP contribution is 2.38. The van der Waals surface area contributed by atoms with Crippen LogP contribution in [0.25, 0.3) is 0 Å². The Labute approximate surface area is 179 Å². The fourth-order valence-electron chi connectivity index (χ4n) is 3.54. The first-order valence-electron chi connectivity index (χ1n) is 9.44. The van der Waals surface area contributed by atoms with Crippen LogP contribution in [0.5, 0.6) is 0 Å². The normalized spacial score (nSPS) is 21.1. The molecule has 2 atom stereocenters. The second kappa shape index (κ2) is 8.45. The van der Waals surface area contributed by atoms with Gasteiger partial charge in [-0.2, -0.15) is 23.5 Å². The van der Waals surface area contributed by atoms with Crippen molar-refractivity contribution in [3.05, 3.63) is 36.0 Å². The van der Waals surface area contributed by atoms with Crippen molar-refractivity contribution in [3.63, 3.8) is 0 Å². The van der Waals surface area contributed by atoms with Crippen LogP contribution in [0.1, 0.15) is 30.1 Å². The molecule has 9 nitrogen and oxygen atoms in total. The molecule has 170 valence electrons. The van der Waals surface area contributed by atoms with E-state index in [4.69, 9.17) is 5.73 Å². The maximum Gasteiger partial charge on any atom is 0.322 e. The Kier molecular flexibility index (Phi) is 6.07. The lowest BCUT2D eigenvalue weighted by atomic mass is 9.83. The molecule has 1 aliphatic heterocycles. The van der Waals surface area contributed by atoms with E-state index < -0.39 is 48.4 Å². The molecule has 3 N–H and O–H groups in total. The largest absolute Gasteiger partial charge is 0.365 e. The number of nitriles is 1. The van der Waals surface area contributed by atoms with Crippen molar-refractivity contribution in [2.75, 3.05) is 18.4 Å². The number of anilines is 2. The van der Waals surface area contributed by atoms with Gasteiger partial charge in [-0.15, -0.1) is 0 Å². The predicted molar refractivity (Wildman–Crippen MR) is 103 cm³/mol. The summed E-state index contributed by atoms with van der Waals surface area (Å²) in [7, 11) is 0. The van der Waals surface area contributed by atoms with Crippen LogP contribution in [-0.4, -0.2) is 56.7 Å². The highest BCUT2D eigenvalue weighted by molar-refractivity contribution is 5.98. The van der Waals surface area contributed by atoms with Crippen LogP contribution in [0.3, 0.4) is 0 Å². The van der Waals surface area contributed by atoms with Crippen molar-refractivity contribution >= 4 is 23.3 Å². The van der Waals surface area contributed by atoms with Crippen LogP contribution < -0.4 is 11.1 Å². The molecule has 0 bridgehead atoms. The number of nitrogens with zero attached hydrogens (tertiary/aromatic N) is 5. The summed E-state index contributed by atoms with van der Waals surface area (Å²) < 4.78 is 56.2. The molecule has 2 amide bonds. The average Bonchev–Trinajstić information content (AvgIpc) is 3.14. The maximum atomic E-state index is 15.3. The number of rotatable bonds is 6. The summed E-state index contributed by atoms with van der Waals surface area (Å²) in [4.78, 5) is 27.9. The van der Waals surface area contributed by atoms with Gasteiger partial charge in [0.25, 0.3) is 11.8 Å². The van der Waals surface area contributed by atoms with E-state index in [-0.39, 0.29) is 30.0 Å². The first kappa shape index (κ1) is 23.0. The molecule has 0 spiro atoms. The average molecular weight is 453 g/mol. The number of carbonyl (C=O) groups excluding carboxylic acids is 2. The summed E-state index contributed by atoms with van der Waals surface area (Å²) in [6.45, 7) is -0.504. The molecule has 3 rings (SSSR count). The van der Waals surface area contributed by atoms with Crippen LogP contribution in [0.4, 0.5) is 29.1 Å². The van der Waals surface area contributed by atoms with Crippen LogP contribution in [0.2, 0.25) is 0 Å². The number of nitrogens with one attached hydrogen (secondary N) is 1. The standard InChI is InChI=1S/C19H19F4N7O2/c1-18(22,23)17(32)29-7-5-19(4-6-24,13(20)10-29)30-9-12(15(25)31)16(28-30)27-11-2-3-14(21)26-8-11/h2-3,8-9,13H,4-5,7,10H2,1H3,(H2,25,31)(H,27,28)/t13?,19-/m1/s1. The van der Waals surface area contributed by atoms with Crippen LogP contribution >= 0.6 is 0 Å². The van der Waals surface area contributed by atoms with E-state index in [0.717, 1.165) is 23.1 Å². The second-order valence-corrected chi connectivity index (χ2v) is 7.49. The number of hydrogen-bond acceptors (Lipinski definition) is 6. The Morgan fingerprint density at radius 3 is 2.69 bits per heavy atom. The van der Waals surface area contributed by atoms with Gasteiger partial charge in [0.2, 0.25) is 5.95 Å². The van der Waals surface area contributed by atoms with Crippen molar-refractivity contribution in [2.45, 2.75) is 37.4 Å². The van der Waals surface area contributed by atoms with Crippen LogP contribution in [-0.2, 0) is 10.3 Å². The second-order valence-electron chi connectivity index (χ2n) is 7.49. The summed E-state index contributed by atoms with van der Waals surface area (Å²) in [5, 5.41) is 16.2. The molecule has 13 heteroatoms. The number of halogens is 4. The zero-order valence-corrected chi connectivity index (χ0v) is 16.9. The van der Waals surface area contributed by atoms with Gasteiger partial charge in [-0.05, 0) is 18.6 Å². The van der Waals surface area contributed by atoms with Gasteiger partial charge in [-0.1, -0.05) is 0 Å². The summed E-state index contributed by atoms with van der Waals surface area (Å²) in [6.07, 6.45) is -0.269. The smallest absolute Gasteiger partial charge is 0.322 e. The minimum Gasteiger partial charge on any atom is -0.365 e. The number of pyridine rings is 1.